The van der Waals surface area contributed by atoms with E-state index >= 15 is 0 Å². The van der Waals surface area contributed by atoms with Crippen molar-refractivity contribution < 1.29 is 17.6 Å². The van der Waals surface area contributed by atoms with E-state index < -0.39 is 17.6 Å². The third-order valence-corrected chi connectivity index (χ3v) is 2.69. The van der Waals surface area contributed by atoms with Crippen molar-refractivity contribution in [3.63, 3.8) is 0 Å². The van der Waals surface area contributed by atoms with Gasteiger partial charge in [0.15, 0.2) is 0 Å². The van der Waals surface area contributed by atoms with Gasteiger partial charge in [-0.1, -0.05) is 13.0 Å². The summed E-state index contributed by atoms with van der Waals surface area (Å²) in [6, 6.07) is 3.12. The number of hydrogen-bond donors (Lipinski definition) is 1. The number of rotatable bonds is 4. The van der Waals surface area contributed by atoms with Crippen LogP contribution in [-0.2, 0) is 6.18 Å². The molecule has 1 nitrogen and oxygen atoms in total. The minimum Gasteiger partial charge on any atom is -0.320 e. The van der Waals surface area contributed by atoms with E-state index in [-0.39, 0.29) is 5.92 Å². The Bertz CT molecular complexity index is 373. The lowest BCUT2D eigenvalue weighted by atomic mass is 9.96. The van der Waals surface area contributed by atoms with Crippen LogP contribution >= 0.6 is 0 Å². The molecule has 1 atom stereocenters. The highest BCUT2D eigenvalue weighted by Gasteiger charge is 2.34. The van der Waals surface area contributed by atoms with Gasteiger partial charge in [0, 0.05) is 0 Å². The molecule has 1 aromatic carbocycles. The summed E-state index contributed by atoms with van der Waals surface area (Å²) in [4.78, 5) is 0. The molecule has 96 valence electrons. The van der Waals surface area contributed by atoms with E-state index in [2.05, 4.69) is 5.32 Å². The van der Waals surface area contributed by atoms with Gasteiger partial charge in [0.2, 0.25) is 0 Å². The third kappa shape index (κ3) is 3.70. The highest BCUT2D eigenvalue weighted by molar-refractivity contribution is 5.28. The molecule has 0 fully saturated rings. The number of nitrogens with one attached hydrogen (secondary N) is 1. The smallest absolute Gasteiger partial charge is 0.320 e. The molecule has 17 heavy (non-hydrogen) atoms. The van der Waals surface area contributed by atoms with Crippen LogP contribution in [0, 0.1) is 5.82 Å². The van der Waals surface area contributed by atoms with Crippen molar-refractivity contribution in [2.75, 3.05) is 13.6 Å². The van der Waals surface area contributed by atoms with Crippen LogP contribution in [0.4, 0.5) is 17.6 Å². The Morgan fingerprint density at radius 1 is 1.29 bits per heavy atom. The molecule has 0 aliphatic heterocycles. The van der Waals surface area contributed by atoms with Gasteiger partial charge < -0.3 is 5.32 Å². The first-order chi connectivity index (χ1) is 7.86. The zero-order valence-electron chi connectivity index (χ0n) is 9.74. The molecule has 1 unspecified atom stereocenters. The summed E-state index contributed by atoms with van der Waals surface area (Å²) in [7, 11) is 1.79. The summed E-state index contributed by atoms with van der Waals surface area (Å²) < 4.78 is 50.3. The number of hydrogen-bond acceptors (Lipinski definition) is 1. The average molecular weight is 249 g/mol. The zero-order chi connectivity index (χ0) is 13.1. The fourth-order valence-electron chi connectivity index (χ4n) is 1.60. The second-order valence-electron chi connectivity index (χ2n) is 4.03. The van der Waals surface area contributed by atoms with Crippen molar-refractivity contribution in [2.24, 2.45) is 0 Å². The molecule has 0 aromatic heterocycles. The van der Waals surface area contributed by atoms with Crippen molar-refractivity contribution in [3.8, 4) is 0 Å². The Labute approximate surface area is 97.8 Å². The van der Waals surface area contributed by atoms with Crippen LogP contribution in [0.25, 0.3) is 0 Å². The summed E-state index contributed by atoms with van der Waals surface area (Å²) >= 11 is 0. The Morgan fingerprint density at radius 3 is 2.41 bits per heavy atom. The Hall–Kier alpha value is -1.10. The topological polar surface area (TPSA) is 12.0 Å². The first-order valence-corrected chi connectivity index (χ1v) is 5.37. The molecule has 0 amide bonds. The second kappa shape index (κ2) is 5.49. The lowest BCUT2D eigenvalue weighted by Crippen LogP contribution is -2.12. The fraction of sp³-hybridized carbons (Fsp3) is 0.500. The van der Waals surface area contributed by atoms with Crippen LogP contribution in [0.2, 0.25) is 0 Å². The molecule has 0 heterocycles. The number of halogens is 4. The molecule has 1 N–H and O–H groups in total. The minimum absolute atomic E-state index is 0.0271. The van der Waals surface area contributed by atoms with Crippen molar-refractivity contribution in [1.29, 1.82) is 0 Å². The quantitative estimate of drug-likeness (QED) is 0.804. The number of benzene rings is 1. The molecule has 0 saturated carbocycles. The van der Waals surface area contributed by atoms with Gasteiger partial charge in [0.25, 0.3) is 0 Å². The molecule has 0 saturated heterocycles. The molecular weight excluding hydrogens is 234 g/mol. The molecule has 1 aromatic rings. The lowest BCUT2D eigenvalue weighted by molar-refractivity contribution is -0.140. The summed E-state index contributed by atoms with van der Waals surface area (Å²) in [6.45, 7) is 2.60. The Kier molecular flexibility index (Phi) is 4.51. The fourth-order valence-corrected chi connectivity index (χ4v) is 1.60. The van der Waals surface area contributed by atoms with E-state index in [4.69, 9.17) is 0 Å². The first-order valence-electron chi connectivity index (χ1n) is 5.37. The van der Waals surface area contributed by atoms with Crippen LogP contribution in [0.5, 0.6) is 0 Å². The molecule has 0 aliphatic rings. The minimum atomic E-state index is -4.63. The van der Waals surface area contributed by atoms with Crippen LogP contribution in [0.3, 0.4) is 0 Å². The standard InChI is InChI=1S/C12H15F4N/c1-8(5-6-17-2)9-3-4-10(11(13)7-9)12(14,15)16/h3-4,7-8,17H,5-6H2,1-2H3. The maximum absolute atomic E-state index is 13.3. The number of alkyl halides is 3. The zero-order valence-corrected chi connectivity index (χ0v) is 9.74. The van der Waals surface area contributed by atoms with Crippen LogP contribution in [-0.4, -0.2) is 13.6 Å². The molecule has 5 heteroatoms. The van der Waals surface area contributed by atoms with E-state index in [9.17, 15) is 17.6 Å². The normalized spacial score (nSPS) is 13.8. The van der Waals surface area contributed by atoms with Gasteiger partial charge in [-0.15, -0.1) is 0 Å². The van der Waals surface area contributed by atoms with E-state index in [0.717, 1.165) is 25.1 Å². The molecule has 0 radical (unpaired) electrons. The molecule has 0 bridgehead atoms. The lowest BCUT2D eigenvalue weighted by Gasteiger charge is -2.14. The average Bonchev–Trinajstić information content (AvgIpc) is 2.23. The monoisotopic (exact) mass is 249 g/mol. The van der Waals surface area contributed by atoms with Gasteiger partial charge in [0.05, 0.1) is 5.56 Å². The summed E-state index contributed by atoms with van der Waals surface area (Å²) in [5.41, 5.74) is -0.618. The highest BCUT2D eigenvalue weighted by atomic mass is 19.4. The van der Waals surface area contributed by atoms with Gasteiger partial charge in [-0.2, -0.15) is 13.2 Å². The molecule has 0 aliphatic carbocycles. The third-order valence-electron chi connectivity index (χ3n) is 2.69. The van der Waals surface area contributed by atoms with Crippen LogP contribution in [0.15, 0.2) is 18.2 Å². The maximum atomic E-state index is 13.3. The van der Waals surface area contributed by atoms with Crippen LogP contribution in [0.1, 0.15) is 30.4 Å². The van der Waals surface area contributed by atoms with Crippen LogP contribution < -0.4 is 5.32 Å². The predicted molar refractivity (Wildman–Crippen MR) is 58.4 cm³/mol. The van der Waals surface area contributed by atoms with Gasteiger partial charge in [-0.3, -0.25) is 0 Å². The van der Waals surface area contributed by atoms with E-state index in [1.54, 1.807) is 7.05 Å². The van der Waals surface area contributed by atoms with Gasteiger partial charge in [-0.25, -0.2) is 4.39 Å². The predicted octanol–water partition coefficient (Wildman–Crippen LogP) is 3.56. The van der Waals surface area contributed by atoms with Gasteiger partial charge in [-0.05, 0) is 43.6 Å². The SMILES string of the molecule is CNCCC(C)c1ccc(C(F)(F)F)c(F)c1. The first kappa shape index (κ1) is 14.0. The summed E-state index contributed by atoms with van der Waals surface area (Å²) in [5, 5.41) is 2.94. The van der Waals surface area contributed by atoms with Gasteiger partial charge in [0.1, 0.15) is 5.82 Å². The van der Waals surface area contributed by atoms with Crippen molar-refractivity contribution >= 4 is 0 Å². The molecular formula is C12H15F4N. The van der Waals surface area contributed by atoms with Gasteiger partial charge >= 0.3 is 6.18 Å². The summed E-state index contributed by atoms with van der Waals surface area (Å²) in [5.74, 6) is -1.18. The summed E-state index contributed by atoms with van der Waals surface area (Å²) in [6.07, 6.45) is -3.88. The van der Waals surface area contributed by atoms with E-state index in [1.807, 2.05) is 6.92 Å². The molecule has 0 spiro atoms. The van der Waals surface area contributed by atoms with E-state index in [1.165, 1.54) is 6.07 Å². The van der Waals surface area contributed by atoms with E-state index in [0.29, 0.717) is 5.56 Å². The largest absolute Gasteiger partial charge is 0.419 e. The van der Waals surface area contributed by atoms with Crippen molar-refractivity contribution in [3.05, 3.63) is 35.1 Å². The molecule has 1 rings (SSSR count). The highest BCUT2D eigenvalue weighted by Crippen LogP contribution is 2.32. The second-order valence-corrected chi connectivity index (χ2v) is 4.03. The maximum Gasteiger partial charge on any atom is 0.419 e. The van der Waals surface area contributed by atoms with Crippen molar-refractivity contribution in [2.45, 2.75) is 25.4 Å². The Morgan fingerprint density at radius 2 is 1.94 bits per heavy atom. The Balaban J connectivity index is 2.89. The van der Waals surface area contributed by atoms with Crippen molar-refractivity contribution in [1.82, 2.24) is 5.32 Å².